The molecule has 1 heterocycles. The molecular weight excluding hydrogens is 220 g/mol. The maximum absolute atomic E-state index is 10.8. The normalized spacial score (nSPS) is 24.5. The van der Waals surface area contributed by atoms with Crippen molar-refractivity contribution in [3.8, 4) is 0 Å². The highest BCUT2D eigenvalue weighted by molar-refractivity contribution is 5.84. The molecule has 0 saturated heterocycles. The van der Waals surface area contributed by atoms with Gasteiger partial charge in [0.2, 0.25) is 0 Å². The Morgan fingerprint density at radius 2 is 2.18 bits per heavy atom. The fraction of sp³-hybridized carbons (Fsp3) is 0.769. The number of hydrogen-bond acceptors (Lipinski definition) is 4. The number of cyclic esters (lactones) is 1. The van der Waals surface area contributed by atoms with Crippen molar-refractivity contribution in [2.45, 2.75) is 63.8 Å². The molecule has 17 heavy (non-hydrogen) atoms. The molecule has 4 nitrogen and oxygen atoms in total. The highest BCUT2D eigenvalue weighted by atomic mass is 16.5. The molecule has 0 bridgehead atoms. The van der Waals surface area contributed by atoms with Crippen LogP contribution in [0.5, 0.6) is 0 Å². The summed E-state index contributed by atoms with van der Waals surface area (Å²) in [5.41, 5.74) is -1.00. The van der Waals surface area contributed by atoms with E-state index < -0.39 is 11.7 Å². The van der Waals surface area contributed by atoms with Crippen molar-refractivity contribution in [3.63, 3.8) is 0 Å². The molecule has 1 rings (SSSR count). The van der Waals surface area contributed by atoms with Crippen LogP contribution in [0.4, 0.5) is 0 Å². The van der Waals surface area contributed by atoms with Crippen LogP contribution in [0.3, 0.4) is 0 Å². The van der Waals surface area contributed by atoms with Gasteiger partial charge in [-0.3, -0.25) is 0 Å². The Hall–Kier alpha value is -0.870. The van der Waals surface area contributed by atoms with E-state index >= 15 is 0 Å². The van der Waals surface area contributed by atoms with Crippen LogP contribution in [-0.2, 0) is 9.53 Å². The zero-order valence-electron chi connectivity index (χ0n) is 10.6. The van der Waals surface area contributed by atoms with E-state index in [4.69, 9.17) is 4.74 Å². The molecule has 0 fully saturated rings. The number of aliphatic hydroxyl groups excluding tert-OH is 1. The van der Waals surface area contributed by atoms with Crippen molar-refractivity contribution in [3.05, 3.63) is 12.2 Å². The van der Waals surface area contributed by atoms with Crippen LogP contribution in [0, 0.1) is 0 Å². The highest BCUT2D eigenvalue weighted by Gasteiger charge is 2.25. The molecule has 98 valence electrons. The first-order valence-electron chi connectivity index (χ1n) is 6.21. The SMILES string of the molecule is CC(O)C(C)(O)CCCCC[C@H]1C=CC(=O)O1. The van der Waals surface area contributed by atoms with Gasteiger partial charge >= 0.3 is 5.97 Å². The fourth-order valence-corrected chi connectivity index (χ4v) is 1.78. The van der Waals surface area contributed by atoms with E-state index in [9.17, 15) is 15.0 Å². The summed E-state index contributed by atoms with van der Waals surface area (Å²) in [4.78, 5) is 10.8. The van der Waals surface area contributed by atoms with E-state index in [2.05, 4.69) is 0 Å². The fourth-order valence-electron chi connectivity index (χ4n) is 1.78. The summed E-state index contributed by atoms with van der Waals surface area (Å²) in [6, 6.07) is 0. The number of carbonyl (C=O) groups is 1. The molecule has 0 amide bonds. The van der Waals surface area contributed by atoms with Crippen molar-refractivity contribution in [2.75, 3.05) is 0 Å². The molecule has 3 atom stereocenters. The molecule has 1 aliphatic rings. The van der Waals surface area contributed by atoms with Crippen molar-refractivity contribution >= 4 is 5.97 Å². The van der Waals surface area contributed by atoms with Crippen molar-refractivity contribution in [2.24, 2.45) is 0 Å². The lowest BCUT2D eigenvalue weighted by molar-refractivity contribution is -0.138. The molecule has 0 saturated carbocycles. The summed E-state index contributed by atoms with van der Waals surface area (Å²) in [6.07, 6.45) is 6.67. The molecule has 2 unspecified atom stereocenters. The van der Waals surface area contributed by atoms with Gasteiger partial charge < -0.3 is 14.9 Å². The zero-order valence-corrected chi connectivity index (χ0v) is 10.6. The van der Waals surface area contributed by atoms with Gasteiger partial charge in [0.25, 0.3) is 0 Å². The molecule has 0 radical (unpaired) electrons. The summed E-state index contributed by atoms with van der Waals surface area (Å²) < 4.78 is 5.01. The molecule has 4 heteroatoms. The quantitative estimate of drug-likeness (QED) is 0.525. The van der Waals surface area contributed by atoms with Crippen molar-refractivity contribution in [1.29, 1.82) is 0 Å². The van der Waals surface area contributed by atoms with Crippen LogP contribution in [-0.4, -0.2) is 34.0 Å². The second kappa shape index (κ2) is 6.17. The minimum absolute atomic E-state index is 0.0697. The Bertz CT molecular complexity index is 281. The van der Waals surface area contributed by atoms with Gasteiger partial charge in [-0.15, -0.1) is 0 Å². The predicted octanol–water partition coefficient (Wildman–Crippen LogP) is 1.55. The lowest BCUT2D eigenvalue weighted by Crippen LogP contribution is -2.36. The molecule has 0 aromatic heterocycles. The molecule has 2 N–H and O–H groups in total. The Balaban J connectivity index is 2.05. The first kappa shape index (κ1) is 14.2. The number of ether oxygens (including phenoxy) is 1. The third-order valence-corrected chi connectivity index (χ3v) is 3.29. The Labute approximate surface area is 102 Å². The molecule has 0 aliphatic carbocycles. The average molecular weight is 242 g/mol. The Kier molecular flexibility index (Phi) is 5.15. The maximum Gasteiger partial charge on any atom is 0.331 e. The summed E-state index contributed by atoms with van der Waals surface area (Å²) in [5, 5.41) is 19.1. The second-order valence-electron chi connectivity index (χ2n) is 4.97. The predicted molar refractivity (Wildman–Crippen MR) is 64.4 cm³/mol. The topological polar surface area (TPSA) is 66.8 Å². The Morgan fingerprint density at radius 1 is 1.47 bits per heavy atom. The van der Waals surface area contributed by atoms with Crippen molar-refractivity contribution < 1.29 is 19.7 Å². The molecule has 0 spiro atoms. The van der Waals surface area contributed by atoms with Crippen LogP contribution >= 0.6 is 0 Å². The third kappa shape index (κ3) is 4.88. The number of rotatable bonds is 7. The van der Waals surface area contributed by atoms with Gasteiger partial charge in [0, 0.05) is 6.08 Å². The van der Waals surface area contributed by atoms with E-state index in [-0.39, 0.29) is 12.1 Å². The van der Waals surface area contributed by atoms with Crippen molar-refractivity contribution in [1.82, 2.24) is 0 Å². The summed E-state index contributed by atoms with van der Waals surface area (Å²) >= 11 is 0. The average Bonchev–Trinajstić information content (AvgIpc) is 2.63. The molecular formula is C13H22O4. The van der Waals surface area contributed by atoms with Gasteiger partial charge in [0.15, 0.2) is 0 Å². The van der Waals surface area contributed by atoms with Gasteiger partial charge in [0.1, 0.15) is 6.10 Å². The van der Waals surface area contributed by atoms with Gasteiger partial charge in [-0.1, -0.05) is 12.8 Å². The van der Waals surface area contributed by atoms with Gasteiger partial charge in [-0.2, -0.15) is 0 Å². The lowest BCUT2D eigenvalue weighted by Gasteiger charge is -2.26. The Morgan fingerprint density at radius 3 is 2.71 bits per heavy atom. The van der Waals surface area contributed by atoms with Gasteiger partial charge in [-0.05, 0) is 39.2 Å². The second-order valence-corrected chi connectivity index (χ2v) is 4.97. The van der Waals surface area contributed by atoms with Crippen LogP contribution in [0.2, 0.25) is 0 Å². The number of aliphatic hydroxyl groups is 2. The number of carbonyl (C=O) groups excluding carboxylic acids is 1. The van der Waals surface area contributed by atoms with Crippen LogP contribution in [0.1, 0.15) is 46.0 Å². The van der Waals surface area contributed by atoms with E-state index in [1.54, 1.807) is 19.9 Å². The van der Waals surface area contributed by atoms with Crippen LogP contribution < -0.4 is 0 Å². The monoisotopic (exact) mass is 242 g/mol. The number of hydrogen-bond donors (Lipinski definition) is 2. The van der Waals surface area contributed by atoms with Gasteiger partial charge in [0.05, 0.1) is 11.7 Å². The summed E-state index contributed by atoms with van der Waals surface area (Å²) in [7, 11) is 0. The number of unbranched alkanes of at least 4 members (excludes halogenated alkanes) is 2. The molecule has 0 aromatic carbocycles. The zero-order chi connectivity index (χ0) is 12.9. The number of esters is 1. The summed E-state index contributed by atoms with van der Waals surface area (Å²) in [5.74, 6) is -0.257. The van der Waals surface area contributed by atoms with E-state index in [0.29, 0.717) is 6.42 Å². The maximum atomic E-state index is 10.8. The van der Waals surface area contributed by atoms with E-state index in [1.807, 2.05) is 0 Å². The van der Waals surface area contributed by atoms with Crippen LogP contribution in [0.15, 0.2) is 12.2 Å². The summed E-state index contributed by atoms with van der Waals surface area (Å²) in [6.45, 7) is 3.25. The smallest absolute Gasteiger partial charge is 0.331 e. The highest BCUT2D eigenvalue weighted by Crippen LogP contribution is 2.20. The van der Waals surface area contributed by atoms with E-state index in [1.165, 1.54) is 6.08 Å². The first-order chi connectivity index (χ1) is 7.92. The van der Waals surface area contributed by atoms with Crippen LogP contribution in [0.25, 0.3) is 0 Å². The standard InChI is InChI=1S/C13H22O4/c1-10(14)13(2,16)9-5-3-4-6-11-7-8-12(15)17-11/h7-8,10-11,14,16H,3-6,9H2,1-2H3/t10?,11-,13?/m0/s1. The molecule has 0 aromatic rings. The minimum Gasteiger partial charge on any atom is -0.455 e. The lowest BCUT2D eigenvalue weighted by atomic mass is 9.93. The third-order valence-electron chi connectivity index (χ3n) is 3.29. The van der Waals surface area contributed by atoms with Gasteiger partial charge in [-0.25, -0.2) is 4.79 Å². The first-order valence-corrected chi connectivity index (χ1v) is 6.21. The molecule has 1 aliphatic heterocycles. The largest absolute Gasteiger partial charge is 0.455 e. The van der Waals surface area contributed by atoms with E-state index in [0.717, 1.165) is 25.7 Å². The minimum atomic E-state index is -1.00.